The van der Waals surface area contributed by atoms with E-state index in [-0.39, 0.29) is 17.9 Å². The van der Waals surface area contributed by atoms with Crippen molar-refractivity contribution in [3.63, 3.8) is 0 Å². The van der Waals surface area contributed by atoms with Crippen LogP contribution in [0, 0.1) is 0 Å². The second kappa shape index (κ2) is 12.2. The third-order valence-corrected chi connectivity index (χ3v) is 5.69. The van der Waals surface area contributed by atoms with Gasteiger partial charge >= 0.3 is 5.97 Å². The minimum absolute atomic E-state index is 0.0601. The molecule has 0 bridgehead atoms. The van der Waals surface area contributed by atoms with Crippen LogP contribution in [-0.4, -0.2) is 28.5 Å². The molecule has 1 amide bonds. The number of nitrogens with zero attached hydrogens (tertiary/aromatic N) is 1. The molecule has 33 heavy (non-hydrogen) atoms. The number of benzene rings is 2. The topological polar surface area (TPSA) is 101 Å². The third-order valence-electron chi connectivity index (χ3n) is 4.51. The Kier molecular flexibility index (Phi) is 9.09. The van der Waals surface area contributed by atoms with E-state index in [0.717, 1.165) is 18.4 Å². The number of unbranched alkanes of at least 4 members (excludes halogenated alkanes) is 1. The standard InChI is InChI=1S/C24H24ClN3O4S/c1-2-3-11-32-23(31)17-7-9-19(10-8-17)26-21(29)13-20-14-22(30)28-24(27-20)33-15-16-5-4-6-18(25)12-16/h4-10,12,14H,2-3,11,13,15H2,1H3,(H,26,29)(H,27,28,30). The van der Waals surface area contributed by atoms with Gasteiger partial charge in [0, 0.05) is 22.5 Å². The first-order valence-corrected chi connectivity index (χ1v) is 11.8. The normalized spacial score (nSPS) is 10.6. The van der Waals surface area contributed by atoms with Gasteiger partial charge in [0.05, 0.1) is 24.3 Å². The van der Waals surface area contributed by atoms with Crippen LogP contribution >= 0.6 is 23.4 Å². The average molecular weight is 486 g/mol. The van der Waals surface area contributed by atoms with E-state index in [0.29, 0.717) is 39.5 Å². The Balaban J connectivity index is 1.56. The Hall–Kier alpha value is -3.10. The summed E-state index contributed by atoms with van der Waals surface area (Å²) >= 11 is 7.35. The zero-order valence-electron chi connectivity index (χ0n) is 18.1. The molecule has 0 saturated heterocycles. The second-order valence-corrected chi connectivity index (χ2v) is 8.65. The summed E-state index contributed by atoms with van der Waals surface area (Å²) in [6, 6.07) is 15.2. The summed E-state index contributed by atoms with van der Waals surface area (Å²) in [5, 5.41) is 3.81. The maximum absolute atomic E-state index is 12.4. The van der Waals surface area contributed by atoms with Crippen molar-refractivity contribution in [1.82, 2.24) is 9.97 Å². The number of rotatable bonds is 10. The number of H-pyrrole nitrogens is 1. The zero-order chi connectivity index (χ0) is 23.6. The van der Waals surface area contributed by atoms with Gasteiger partial charge in [-0.15, -0.1) is 0 Å². The molecule has 1 aromatic heterocycles. The summed E-state index contributed by atoms with van der Waals surface area (Å²) in [7, 11) is 0. The van der Waals surface area contributed by atoms with E-state index in [1.807, 2.05) is 25.1 Å². The monoisotopic (exact) mass is 485 g/mol. The van der Waals surface area contributed by atoms with E-state index in [1.165, 1.54) is 17.8 Å². The lowest BCUT2D eigenvalue weighted by molar-refractivity contribution is -0.115. The van der Waals surface area contributed by atoms with E-state index in [1.54, 1.807) is 30.3 Å². The van der Waals surface area contributed by atoms with Crippen molar-refractivity contribution >= 4 is 40.9 Å². The fourth-order valence-corrected chi connectivity index (χ4v) is 3.92. The Labute approximate surface area is 200 Å². The van der Waals surface area contributed by atoms with Crippen molar-refractivity contribution < 1.29 is 14.3 Å². The molecule has 0 aliphatic carbocycles. The zero-order valence-corrected chi connectivity index (χ0v) is 19.7. The lowest BCUT2D eigenvalue weighted by Gasteiger charge is -2.08. The highest BCUT2D eigenvalue weighted by atomic mass is 35.5. The van der Waals surface area contributed by atoms with E-state index < -0.39 is 5.97 Å². The molecule has 2 N–H and O–H groups in total. The summed E-state index contributed by atoms with van der Waals surface area (Å²) in [5.74, 6) is -0.138. The summed E-state index contributed by atoms with van der Waals surface area (Å²) in [6.07, 6.45) is 1.70. The van der Waals surface area contributed by atoms with Crippen LogP contribution in [0.15, 0.2) is 64.5 Å². The molecule has 172 valence electrons. The van der Waals surface area contributed by atoms with Crippen molar-refractivity contribution in [2.45, 2.75) is 37.1 Å². The largest absolute Gasteiger partial charge is 0.462 e. The number of aromatic amines is 1. The molecule has 0 aliphatic heterocycles. The van der Waals surface area contributed by atoms with Gasteiger partial charge in [-0.1, -0.05) is 48.8 Å². The van der Waals surface area contributed by atoms with Crippen molar-refractivity contribution in [3.8, 4) is 0 Å². The lowest BCUT2D eigenvalue weighted by atomic mass is 10.2. The Morgan fingerprint density at radius 2 is 1.94 bits per heavy atom. The number of nitrogens with one attached hydrogen (secondary N) is 2. The van der Waals surface area contributed by atoms with Crippen LogP contribution in [0.4, 0.5) is 5.69 Å². The van der Waals surface area contributed by atoms with Gasteiger partial charge in [0.15, 0.2) is 5.16 Å². The molecule has 1 heterocycles. The first kappa shape index (κ1) is 24.5. The van der Waals surface area contributed by atoms with Crippen LogP contribution in [0.3, 0.4) is 0 Å². The van der Waals surface area contributed by atoms with Gasteiger partial charge in [-0.3, -0.25) is 9.59 Å². The molecule has 3 rings (SSSR count). The van der Waals surface area contributed by atoms with Gasteiger partial charge < -0.3 is 15.0 Å². The number of amides is 1. The molecule has 3 aromatic rings. The fraction of sp³-hybridized carbons (Fsp3) is 0.250. The number of ether oxygens (including phenoxy) is 1. The highest BCUT2D eigenvalue weighted by molar-refractivity contribution is 7.98. The van der Waals surface area contributed by atoms with Crippen molar-refractivity contribution in [2.24, 2.45) is 0 Å². The Morgan fingerprint density at radius 3 is 2.67 bits per heavy atom. The SMILES string of the molecule is CCCCOC(=O)c1ccc(NC(=O)Cc2cc(=O)[nH]c(SCc3cccc(Cl)c3)n2)cc1. The predicted molar refractivity (Wildman–Crippen MR) is 130 cm³/mol. The summed E-state index contributed by atoms with van der Waals surface area (Å²) in [5.41, 5.74) is 1.98. The van der Waals surface area contributed by atoms with Gasteiger partial charge in [-0.2, -0.15) is 0 Å². The number of carbonyl (C=O) groups is 2. The molecule has 0 atom stereocenters. The number of thioether (sulfide) groups is 1. The number of aromatic nitrogens is 2. The van der Waals surface area contributed by atoms with Crippen molar-refractivity contribution in [2.75, 3.05) is 11.9 Å². The molecule has 2 aromatic carbocycles. The van der Waals surface area contributed by atoms with E-state index in [9.17, 15) is 14.4 Å². The second-order valence-electron chi connectivity index (χ2n) is 7.25. The molecule has 0 saturated carbocycles. The molecule has 0 fully saturated rings. The average Bonchev–Trinajstić information content (AvgIpc) is 2.78. The lowest BCUT2D eigenvalue weighted by Crippen LogP contribution is -2.18. The first-order chi connectivity index (χ1) is 15.9. The van der Waals surface area contributed by atoms with Gasteiger partial charge in [0.2, 0.25) is 5.91 Å². The van der Waals surface area contributed by atoms with E-state index in [2.05, 4.69) is 15.3 Å². The van der Waals surface area contributed by atoms with Crippen LogP contribution in [0.2, 0.25) is 5.02 Å². The first-order valence-electron chi connectivity index (χ1n) is 10.5. The van der Waals surface area contributed by atoms with E-state index >= 15 is 0 Å². The Morgan fingerprint density at radius 1 is 1.15 bits per heavy atom. The molecule has 0 radical (unpaired) electrons. The quantitative estimate of drug-likeness (QED) is 0.184. The van der Waals surface area contributed by atoms with Crippen LogP contribution < -0.4 is 10.9 Å². The highest BCUT2D eigenvalue weighted by Gasteiger charge is 2.11. The van der Waals surface area contributed by atoms with Gasteiger partial charge in [0.25, 0.3) is 5.56 Å². The van der Waals surface area contributed by atoms with Gasteiger partial charge in [-0.25, -0.2) is 9.78 Å². The number of halogens is 1. The molecule has 7 nitrogen and oxygen atoms in total. The maximum atomic E-state index is 12.4. The molecule has 0 unspecified atom stereocenters. The summed E-state index contributed by atoms with van der Waals surface area (Å²) < 4.78 is 5.17. The van der Waals surface area contributed by atoms with E-state index in [4.69, 9.17) is 16.3 Å². The molecular formula is C24H24ClN3O4S. The summed E-state index contributed by atoms with van der Waals surface area (Å²) in [4.78, 5) is 43.5. The smallest absolute Gasteiger partial charge is 0.338 e. The molecule has 0 aliphatic rings. The van der Waals surface area contributed by atoms with Crippen LogP contribution in [0.25, 0.3) is 0 Å². The minimum atomic E-state index is -0.392. The minimum Gasteiger partial charge on any atom is -0.462 e. The van der Waals surface area contributed by atoms with Crippen LogP contribution in [0.1, 0.15) is 41.4 Å². The van der Waals surface area contributed by atoms with Crippen LogP contribution in [0.5, 0.6) is 0 Å². The van der Waals surface area contributed by atoms with Crippen molar-refractivity contribution in [3.05, 3.63) is 86.8 Å². The molecule has 9 heteroatoms. The number of esters is 1. The molecule has 0 spiro atoms. The van der Waals surface area contributed by atoms with Gasteiger partial charge in [-0.05, 0) is 48.4 Å². The van der Waals surface area contributed by atoms with Crippen LogP contribution in [-0.2, 0) is 21.7 Å². The number of carbonyl (C=O) groups excluding carboxylic acids is 2. The number of anilines is 1. The van der Waals surface area contributed by atoms with Gasteiger partial charge in [0.1, 0.15) is 0 Å². The fourth-order valence-electron chi connectivity index (χ4n) is 2.87. The maximum Gasteiger partial charge on any atom is 0.338 e. The predicted octanol–water partition coefficient (Wildman–Crippen LogP) is 4.85. The van der Waals surface area contributed by atoms with Crippen molar-refractivity contribution in [1.29, 1.82) is 0 Å². The summed E-state index contributed by atoms with van der Waals surface area (Å²) in [6.45, 7) is 2.41. The highest BCUT2D eigenvalue weighted by Crippen LogP contribution is 2.21. The Bertz CT molecular complexity index is 1160. The number of hydrogen-bond donors (Lipinski definition) is 2. The third kappa shape index (κ3) is 8.07. The molecular weight excluding hydrogens is 462 g/mol. The number of hydrogen-bond acceptors (Lipinski definition) is 6.